The molecule has 0 amide bonds. The summed E-state index contributed by atoms with van der Waals surface area (Å²) in [4.78, 5) is 12.4. The number of hydrogen-bond donors (Lipinski definition) is 2. The van der Waals surface area contributed by atoms with Crippen molar-refractivity contribution in [2.75, 3.05) is 4.72 Å². The molecule has 7 heteroatoms. The predicted molar refractivity (Wildman–Crippen MR) is 118 cm³/mol. The van der Waals surface area contributed by atoms with E-state index in [2.05, 4.69) is 14.9 Å². The molecule has 3 aromatic rings. The zero-order valence-electron chi connectivity index (χ0n) is 17.2. The zero-order chi connectivity index (χ0) is 21.3. The number of aromatic amines is 1. The van der Waals surface area contributed by atoms with Gasteiger partial charge in [0.15, 0.2) is 0 Å². The lowest BCUT2D eigenvalue weighted by Gasteiger charge is -2.18. The first kappa shape index (κ1) is 20.3. The van der Waals surface area contributed by atoms with Crippen molar-refractivity contribution in [2.45, 2.75) is 50.8 Å². The average Bonchev–Trinajstić information content (AvgIpc) is 2.75. The monoisotopic (exact) mass is 423 g/mol. The van der Waals surface area contributed by atoms with Gasteiger partial charge in [-0.3, -0.25) is 9.52 Å². The number of benzene rings is 2. The normalized spacial score (nSPS) is 13.7. The highest BCUT2D eigenvalue weighted by molar-refractivity contribution is 7.92. The number of nitrogens with one attached hydrogen (secondary N) is 2. The van der Waals surface area contributed by atoms with Crippen molar-refractivity contribution in [3.05, 3.63) is 75.1 Å². The molecule has 0 bridgehead atoms. The second kappa shape index (κ2) is 8.07. The van der Waals surface area contributed by atoms with Gasteiger partial charge in [-0.2, -0.15) is 5.10 Å². The number of rotatable bonds is 5. The second-order valence-corrected chi connectivity index (χ2v) is 9.36. The first-order chi connectivity index (χ1) is 14.4. The topological polar surface area (TPSA) is 91.9 Å². The Bertz CT molecular complexity index is 1250. The molecule has 0 unspecified atom stereocenters. The number of aromatic nitrogens is 2. The second-order valence-electron chi connectivity index (χ2n) is 7.71. The fraction of sp³-hybridized carbons (Fsp3) is 0.304. The summed E-state index contributed by atoms with van der Waals surface area (Å²) in [5.74, 6) is 0. The number of hydrogen-bond acceptors (Lipinski definition) is 4. The standard InChI is InChI=1S/C23H25N3O3S/c1-3-16-10-11-17(22-19-6-4-5-7-20(19)23(27)25-24-22)14-21(16)30(28,29)26-18-12-8-15(2)9-13-18/h8-14,26H,3-7H2,1-2H3,(H,25,27). The van der Waals surface area contributed by atoms with Crippen molar-refractivity contribution in [1.82, 2.24) is 10.2 Å². The van der Waals surface area contributed by atoms with Crippen LogP contribution < -0.4 is 10.3 Å². The Morgan fingerprint density at radius 3 is 2.43 bits per heavy atom. The molecule has 0 saturated carbocycles. The van der Waals surface area contributed by atoms with Crippen molar-refractivity contribution in [3.8, 4) is 11.3 Å². The fourth-order valence-corrected chi connectivity index (χ4v) is 5.37. The molecule has 30 heavy (non-hydrogen) atoms. The predicted octanol–water partition coefficient (Wildman–Crippen LogP) is 3.99. The number of aryl methyl sites for hydroxylation is 2. The Morgan fingerprint density at radius 2 is 1.73 bits per heavy atom. The van der Waals surface area contributed by atoms with Gasteiger partial charge in [0.25, 0.3) is 15.6 Å². The van der Waals surface area contributed by atoms with E-state index < -0.39 is 10.0 Å². The third-order valence-electron chi connectivity index (χ3n) is 5.61. The Balaban J connectivity index is 1.80. The van der Waals surface area contributed by atoms with E-state index >= 15 is 0 Å². The Labute approximate surface area is 176 Å². The van der Waals surface area contributed by atoms with Crippen molar-refractivity contribution >= 4 is 15.7 Å². The molecule has 0 saturated heterocycles. The molecule has 2 N–H and O–H groups in total. The van der Waals surface area contributed by atoms with Crippen LogP contribution in [0.5, 0.6) is 0 Å². The van der Waals surface area contributed by atoms with Crippen molar-refractivity contribution < 1.29 is 8.42 Å². The van der Waals surface area contributed by atoms with Gasteiger partial charge in [-0.25, -0.2) is 13.5 Å². The molecule has 0 atom stereocenters. The van der Waals surface area contributed by atoms with Crippen LogP contribution in [-0.2, 0) is 29.3 Å². The van der Waals surface area contributed by atoms with Gasteiger partial charge in [-0.15, -0.1) is 0 Å². The summed E-state index contributed by atoms with van der Waals surface area (Å²) in [6.07, 6.45) is 4.07. The lowest BCUT2D eigenvalue weighted by atomic mass is 9.89. The van der Waals surface area contributed by atoms with Crippen molar-refractivity contribution in [3.63, 3.8) is 0 Å². The molecule has 0 radical (unpaired) electrons. The van der Waals surface area contributed by atoms with Crippen molar-refractivity contribution in [2.24, 2.45) is 0 Å². The number of sulfonamides is 1. The first-order valence-corrected chi connectivity index (χ1v) is 11.7. The lowest BCUT2D eigenvalue weighted by molar-refractivity contribution is 0.600. The van der Waals surface area contributed by atoms with Gasteiger partial charge in [0.1, 0.15) is 0 Å². The molecular weight excluding hydrogens is 398 g/mol. The van der Waals surface area contributed by atoms with E-state index in [-0.39, 0.29) is 10.5 Å². The molecule has 1 aliphatic carbocycles. The molecule has 4 rings (SSSR count). The average molecular weight is 424 g/mol. The van der Waals surface area contributed by atoms with Crippen LogP contribution in [-0.4, -0.2) is 18.6 Å². The lowest BCUT2D eigenvalue weighted by Crippen LogP contribution is -2.21. The third-order valence-corrected chi connectivity index (χ3v) is 7.08. The molecule has 0 fully saturated rings. The van der Waals surface area contributed by atoms with Crippen LogP contribution in [0.25, 0.3) is 11.3 Å². The van der Waals surface area contributed by atoms with Crippen LogP contribution in [0.3, 0.4) is 0 Å². The van der Waals surface area contributed by atoms with Gasteiger partial charge < -0.3 is 0 Å². The summed E-state index contributed by atoms with van der Waals surface area (Å²) in [7, 11) is -3.78. The zero-order valence-corrected chi connectivity index (χ0v) is 18.0. The fourth-order valence-electron chi connectivity index (χ4n) is 3.97. The van der Waals surface area contributed by atoms with Crippen molar-refractivity contribution in [1.29, 1.82) is 0 Å². The number of H-pyrrole nitrogens is 1. The molecule has 1 aromatic heterocycles. The largest absolute Gasteiger partial charge is 0.280 e. The quantitative estimate of drug-likeness (QED) is 0.649. The Morgan fingerprint density at radius 1 is 1.03 bits per heavy atom. The molecule has 1 heterocycles. The summed E-state index contributed by atoms with van der Waals surface area (Å²) in [6.45, 7) is 3.88. The molecular formula is C23H25N3O3S. The third kappa shape index (κ3) is 3.89. The van der Waals surface area contributed by atoms with Crippen LogP contribution in [0.4, 0.5) is 5.69 Å². The van der Waals surface area contributed by atoms with Gasteiger partial charge in [-0.1, -0.05) is 36.8 Å². The van der Waals surface area contributed by atoms with Gasteiger partial charge in [-0.05, 0) is 68.4 Å². The van der Waals surface area contributed by atoms with Gasteiger partial charge in [0.05, 0.1) is 10.6 Å². The maximum atomic E-state index is 13.2. The molecule has 1 aliphatic rings. The summed E-state index contributed by atoms with van der Waals surface area (Å²) < 4.78 is 29.1. The summed E-state index contributed by atoms with van der Waals surface area (Å²) >= 11 is 0. The van der Waals surface area contributed by atoms with E-state index in [1.54, 1.807) is 18.2 Å². The van der Waals surface area contributed by atoms with E-state index in [1.165, 1.54) is 0 Å². The summed E-state index contributed by atoms with van der Waals surface area (Å²) in [5.41, 5.74) is 5.24. The Kier molecular flexibility index (Phi) is 5.47. The van der Waals surface area contributed by atoms with Gasteiger partial charge in [0, 0.05) is 16.8 Å². The smallest absolute Gasteiger partial charge is 0.267 e. The summed E-state index contributed by atoms with van der Waals surface area (Å²) in [5, 5.41) is 6.87. The maximum absolute atomic E-state index is 13.2. The number of fused-ring (bicyclic) bond motifs is 1. The molecule has 2 aromatic carbocycles. The minimum Gasteiger partial charge on any atom is -0.280 e. The van der Waals surface area contributed by atoms with Crippen LogP contribution in [0, 0.1) is 6.92 Å². The van der Waals surface area contributed by atoms with Crippen LogP contribution >= 0.6 is 0 Å². The van der Waals surface area contributed by atoms with E-state index in [0.717, 1.165) is 47.9 Å². The van der Waals surface area contributed by atoms with E-state index in [4.69, 9.17) is 0 Å². The number of nitrogens with zero attached hydrogens (tertiary/aromatic N) is 1. The van der Waals surface area contributed by atoms with E-state index in [0.29, 0.717) is 23.4 Å². The highest BCUT2D eigenvalue weighted by Crippen LogP contribution is 2.31. The van der Waals surface area contributed by atoms with Gasteiger partial charge >= 0.3 is 0 Å². The van der Waals surface area contributed by atoms with Crippen LogP contribution in [0.2, 0.25) is 0 Å². The molecule has 6 nitrogen and oxygen atoms in total. The first-order valence-electron chi connectivity index (χ1n) is 10.2. The highest BCUT2D eigenvalue weighted by Gasteiger charge is 2.23. The molecule has 0 spiro atoms. The van der Waals surface area contributed by atoms with E-state index in [9.17, 15) is 13.2 Å². The SMILES string of the molecule is CCc1ccc(-c2n[nH]c(=O)c3c2CCCC3)cc1S(=O)(=O)Nc1ccc(C)cc1. The molecule has 156 valence electrons. The molecule has 0 aliphatic heterocycles. The van der Waals surface area contributed by atoms with Crippen LogP contribution in [0.1, 0.15) is 42.0 Å². The summed E-state index contributed by atoms with van der Waals surface area (Å²) in [6, 6.07) is 12.6. The number of anilines is 1. The maximum Gasteiger partial charge on any atom is 0.267 e. The minimum atomic E-state index is -3.78. The van der Waals surface area contributed by atoms with E-state index in [1.807, 2.05) is 38.1 Å². The van der Waals surface area contributed by atoms with Crippen LogP contribution in [0.15, 0.2) is 52.2 Å². The minimum absolute atomic E-state index is 0.146. The highest BCUT2D eigenvalue weighted by atomic mass is 32.2. The Hall–Kier alpha value is -2.93. The van der Waals surface area contributed by atoms with Gasteiger partial charge in [0.2, 0.25) is 0 Å².